The number of benzene rings is 1. The second-order valence-corrected chi connectivity index (χ2v) is 7.19. The summed E-state index contributed by atoms with van der Waals surface area (Å²) in [5.41, 5.74) is 1.06. The molecule has 1 aliphatic rings. The fourth-order valence-corrected chi connectivity index (χ4v) is 3.59. The van der Waals surface area contributed by atoms with E-state index < -0.39 is 0 Å². The molecule has 0 heterocycles. The number of aliphatic hydroxyl groups is 1. The Kier molecular flexibility index (Phi) is 8.92. The summed E-state index contributed by atoms with van der Waals surface area (Å²) in [5.74, 6) is 0.819. The molecule has 0 spiro atoms. The molecule has 2 rings (SSSR count). The molecule has 5 nitrogen and oxygen atoms in total. The number of nitrogens with one attached hydrogen (secondary N) is 2. The average Bonchev–Trinajstić information content (AvgIpc) is 2.71. The van der Waals surface area contributed by atoms with Gasteiger partial charge in [-0.15, -0.1) is 0 Å². The van der Waals surface area contributed by atoms with E-state index in [2.05, 4.69) is 22.5 Å². The third-order valence-corrected chi connectivity index (χ3v) is 5.19. The molecule has 1 unspecified atom stereocenters. The van der Waals surface area contributed by atoms with E-state index in [9.17, 15) is 5.11 Å². The van der Waals surface area contributed by atoms with Gasteiger partial charge in [-0.3, -0.25) is 4.99 Å². The van der Waals surface area contributed by atoms with Crippen LogP contribution in [0, 0.1) is 0 Å². The fraction of sp³-hybridized carbons (Fsp3) is 0.667. The minimum Gasteiger partial charge on any atom is -0.396 e. The lowest BCUT2D eigenvalue weighted by Crippen LogP contribution is -2.50. The molecule has 1 saturated carbocycles. The largest absolute Gasteiger partial charge is 0.396 e. The summed E-state index contributed by atoms with van der Waals surface area (Å²) < 4.78 is 6.25. The molecule has 1 aromatic rings. The molecule has 0 amide bonds. The van der Waals surface area contributed by atoms with Crippen molar-refractivity contribution < 1.29 is 9.84 Å². The number of aliphatic imine (C=N–C) groups is 1. The van der Waals surface area contributed by atoms with Crippen LogP contribution >= 0.6 is 0 Å². The summed E-state index contributed by atoms with van der Waals surface area (Å²) in [4.78, 5) is 4.34. The van der Waals surface area contributed by atoms with E-state index >= 15 is 0 Å². The van der Waals surface area contributed by atoms with Crippen LogP contribution in [-0.4, -0.2) is 50.0 Å². The van der Waals surface area contributed by atoms with Crippen LogP contribution in [0.5, 0.6) is 0 Å². The number of hydrogen-bond donors (Lipinski definition) is 3. The fourth-order valence-electron chi connectivity index (χ4n) is 3.59. The summed E-state index contributed by atoms with van der Waals surface area (Å²) in [6.07, 6.45) is 7.04. The maximum Gasteiger partial charge on any atom is 0.191 e. The Balaban J connectivity index is 1.87. The molecule has 0 bridgehead atoms. The third-order valence-electron chi connectivity index (χ3n) is 5.19. The minimum atomic E-state index is -0.0678. The second kappa shape index (κ2) is 11.2. The lowest BCUT2D eigenvalue weighted by Gasteiger charge is -2.38. The van der Waals surface area contributed by atoms with Gasteiger partial charge in [0.05, 0.1) is 12.2 Å². The van der Waals surface area contributed by atoms with Crippen molar-refractivity contribution in [3.05, 3.63) is 35.9 Å². The van der Waals surface area contributed by atoms with Gasteiger partial charge in [0.25, 0.3) is 0 Å². The van der Waals surface area contributed by atoms with Crippen LogP contribution in [0.25, 0.3) is 0 Å². The first-order chi connectivity index (χ1) is 12.7. The Labute approximate surface area is 158 Å². The van der Waals surface area contributed by atoms with Gasteiger partial charge >= 0.3 is 0 Å². The summed E-state index contributed by atoms with van der Waals surface area (Å²) in [6.45, 7) is 4.50. The van der Waals surface area contributed by atoms with Gasteiger partial charge in [0, 0.05) is 32.7 Å². The van der Waals surface area contributed by atoms with Crippen LogP contribution in [-0.2, 0) is 4.74 Å². The highest BCUT2D eigenvalue weighted by molar-refractivity contribution is 5.79. The minimum absolute atomic E-state index is 0.0507. The van der Waals surface area contributed by atoms with Gasteiger partial charge in [-0.1, -0.05) is 56.5 Å². The molecule has 146 valence electrons. The third kappa shape index (κ3) is 6.29. The predicted molar refractivity (Wildman–Crippen MR) is 108 cm³/mol. The van der Waals surface area contributed by atoms with Crippen LogP contribution in [0.2, 0.25) is 0 Å². The standard InChI is InChI=1S/C21H35N3O2/c1-3-14-26-21(12-8-5-9-13-21)17-24-20(22-2)23-15-19(16-25)18-10-6-4-7-11-18/h4,6-7,10-11,19,25H,3,5,8-9,12-17H2,1-2H3,(H2,22,23,24). The molecule has 0 radical (unpaired) electrons. The summed E-state index contributed by atoms with van der Waals surface area (Å²) in [7, 11) is 1.78. The van der Waals surface area contributed by atoms with Gasteiger partial charge in [0.1, 0.15) is 0 Å². The van der Waals surface area contributed by atoms with Crippen molar-refractivity contribution in [2.75, 3.05) is 33.4 Å². The van der Waals surface area contributed by atoms with Crippen molar-refractivity contribution in [1.29, 1.82) is 0 Å². The van der Waals surface area contributed by atoms with Crippen molar-refractivity contribution in [2.24, 2.45) is 4.99 Å². The zero-order valence-corrected chi connectivity index (χ0v) is 16.3. The highest BCUT2D eigenvalue weighted by Crippen LogP contribution is 2.31. The summed E-state index contributed by atoms with van der Waals surface area (Å²) in [5, 5.41) is 16.5. The Morgan fingerprint density at radius 1 is 1.19 bits per heavy atom. The van der Waals surface area contributed by atoms with Crippen LogP contribution in [0.4, 0.5) is 0 Å². The maximum atomic E-state index is 9.72. The van der Waals surface area contributed by atoms with Crippen LogP contribution in [0.15, 0.2) is 35.3 Å². The number of ether oxygens (including phenoxy) is 1. The Bertz CT molecular complexity index is 527. The van der Waals surface area contributed by atoms with Crippen LogP contribution in [0.3, 0.4) is 0 Å². The van der Waals surface area contributed by atoms with E-state index in [0.29, 0.717) is 6.54 Å². The number of guanidine groups is 1. The first-order valence-electron chi connectivity index (χ1n) is 9.97. The molecule has 5 heteroatoms. The molecule has 1 fully saturated rings. The maximum absolute atomic E-state index is 9.72. The van der Waals surface area contributed by atoms with Gasteiger partial charge in [-0.2, -0.15) is 0 Å². The monoisotopic (exact) mass is 361 g/mol. The molecule has 1 atom stereocenters. The molecule has 1 aromatic carbocycles. The van der Waals surface area contributed by atoms with Gasteiger partial charge in [0.15, 0.2) is 5.96 Å². The Hall–Kier alpha value is -1.59. The second-order valence-electron chi connectivity index (χ2n) is 7.19. The van der Waals surface area contributed by atoms with Crippen LogP contribution in [0.1, 0.15) is 56.9 Å². The smallest absolute Gasteiger partial charge is 0.191 e. The van der Waals surface area contributed by atoms with E-state index in [1.807, 2.05) is 30.3 Å². The topological polar surface area (TPSA) is 65.9 Å². The van der Waals surface area contributed by atoms with E-state index in [-0.39, 0.29) is 18.1 Å². The SMILES string of the molecule is CCCOC1(CNC(=NC)NCC(CO)c2ccccc2)CCCCC1. The molecule has 3 N–H and O–H groups in total. The number of hydrogen-bond acceptors (Lipinski definition) is 3. The number of nitrogens with zero attached hydrogens (tertiary/aromatic N) is 1. The van der Waals surface area contributed by atoms with Crippen molar-refractivity contribution in [3.63, 3.8) is 0 Å². The van der Waals surface area contributed by atoms with Crippen molar-refractivity contribution in [3.8, 4) is 0 Å². The Morgan fingerprint density at radius 2 is 1.92 bits per heavy atom. The van der Waals surface area contributed by atoms with E-state index in [1.165, 1.54) is 19.3 Å². The normalized spacial score (nSPS) is 18.3. The summed E-state index contributed by atoms with van der Waals surface area (Å²) >= 11 is 0. The molecule has 0 aliphatic heterocycles. The highest BCUT2D eigenvalue weighted by atomic mass is 16.5. The molecule has 0 aromatic heterocycles. The summed E-state index contributed by atoms with van der Waals surface area (Å²) in [6, 6.07) is 10.1. The first-order valence-corrected chi connectivity index (χ1v) is 9.97. The van der Waals surface area contributed by atoms with Crippen molar-refractivity contribution in [1.82, 2.24) is 10.6 Å². The first kappa shape index (κ1) is 20.7. The van der Waals surface area contributed by atoms with Crippen molar-refractivity contribution >= 4 is 5.96 Å². The molecular weight excluding hydrogens is 326 g/mol. The highest BCUT2D eigenvalue weighted by Gasteiger charge is 2.32. The van der Waals surface area contributed by atoms with Gasteiger partial charge in [-0.05, 0) is 24.8 Å². The van der Waals surface area contributed by atoms with Crippen LogP contribution < -0.4 is 10.6 Å². The molecule has 26 heavy (non-hydrogen) atoms. The zero-order chi connectivity index (χ0) is 18.7. The van der Waals surface area contributed by atoms with E-state index in [1.54, 1.807) is 7.05 Å². The number of rotatable bonds is 9. The lowest BCUT2D eigenvalue weighted by molar-refractivity contribution is -0.0657. The predicted octanol–water partition coefficient (Wildman–Crippen LogP) is 3.06. The van der Waals surface area contributed by atoms with Gasteiger partial charge < -0.3 is 20.5 Å². The Morgan fingerprint density at radius 3 is 2.54 bits per heavy atom. The molecule has 1 aliphatic carbocycles. The number of aliphatic hydroxyl groups excluding tert-OH is 1. The average molecular weight is 362 g/mol. The zero-order valence-electron chi connectivity index (χ0n) is 16.3. The van der Waals surface area contributed by atoms with E-state index in [0.717, 1.165) is 43.9 Å². The van der Waals surface area contributed by atoms with Gasteiger partial charge in [-0.25, -0.2) is 0 Å². The molecular formula is C21H35N3O2. The quantitative estimate of drug-likeness (QED) is 0.467. The molecule has 0 saturated heterocycles. The van der Waals surface area contributed by atoms with Gasteiger partial charge in [0.2, 0.25) is 0 Å². The lowest BCUT2D eigenvalue weighted by atomic mass is 9.84. The van der Waals surface area contributed by atoms with Crippen molar-refractivity contribution in [2.45, 2.75) is 57.0 Å². The van der Waals surface area contributed by atoms with E-state index in [4.69, 9.17) is 4.74 Å².